The Labute approximate surface area is 92.9 Å². The Morgan fingerprint density at radius 3 is 2.93 bits per heavy atom. The topological polar surface area (TPSA) is 68.0 Å². The fourth-order valence-corrected chi connectivity index (χ4v) is 2.68. The number of hydrogen-bond acceptors (Lipinski definition) is 4. The van der Waals surface area contributed by atoms with Gasteiger partial charge in [-0.3, -0.25) is 4.79 Å². The number of anilines is 1. The predicted octanol–water partition coefficient (Wildman–Crippen LogP) is 1.31. The smallest absolute Gasteiger partial charge is 0.242 e. The quantitative estimate of drug-likeness (QED) is 0.797. The second kappa shape index (κ2) is 4.28. The zero-order valence-corrected chi connectivity index (χ0v) is 9.56. The van der Waals surface area contributed by atoms with E-state index in [1.165, 1.54) is 17.7 Å². The first kappa shape index (κ1) is 10.6. The maximum Gasteiger partial charge on any atom is 0.242 e. The number of hydrogen-bond donors (Lipinski definition) is 2. The Bertz CT molecular complexity index is 349. The molecule has 82 valence electrons. The maximum atomic E-state index is 11.4. The van der Waals surface area contributed by atoms with Crippen molar-refractivity contribution in [2.75, 3.05) is 5.32 Å². The summed E-state index contributed by atoms with van der Waals surface area (Å²) >= 11 is 1.58. The first-order valence-corrected chi connectivity index (χ1v) is 6.03. The number of nitrogens with two attached hydrogens (primary N) is 1. The van der Waals surface area contributed by atoms with Gasteiger partial charge in [-0.1, -0.05) is 0 Å². The summed E-state index contributed by atoms with van der Waals surface area (Å²) in [4.78, 5) is 17.1. The number of aryl methyl sites for hydroxylation is 2. The van der Waals surface area contributed by atoms with Gasteiger partial charge in [-0.05, 0) is 32.6 Å². The van der Waals surface area contributed by atoms with Gasteiger partial charge in [0, 0.05) is 4.88 Å². The Kier molecular flexibility index (Phi) is 3.02. The Hall–Kier alpha value is -0.940. The van der Waals surface area contributed by atoms with Gasteiger partial charge in [0.05, 0.1) is 11.7 Å². The number of fused-ring (bicyclic) bond motifs is 1. The van der Waals surface area contributed by atoms with E-state index >= 15 is 0 Å². The minimum absolute atomic E-state index is 0.166. The summed E-state index contributed by atoms with van der Waals surface area (Å²) in [5.74, 6) is -0.166. The fraction of sp³-hybridized carbons (Fsp3) is 0.600. The molecule has 1 amide bonds. The van der Waals surface area contributed by atoms with Gasteiger partial charge in [0.2, 0.25) is 5.91 Å². The average molecular weight is 225 g/mol. The highest BCUT2D eigenvalue weighted by atomic mass is 32.1. The minimum atomic E-state index is -0.481. The largest absolute Gasteiger partial charge is 0.320 e. The summed E-state index contributed by atoms with van der Waals surface area (Å²) in [6.45, 7) is 1.67. The Balaban J connectivity index is 2.09. The third-order valence-corrected chi connectivity index (χ3v) is 3.56. The van der Waals surface area contributed by atoms with Crippen molar-refractivity contribution in [3.8, 4) is 0 Å². The molecule has 0 saturated carbocycles. The van der Waals surface area contributed by atoms with Gasteiger partial charge < -0.3 is 11.1 Å². The number of carbonyl (C=O) groups is 1. The maximum absolute atomic E-state index is 11.4. The van der Waals surface area contributed by atoms with Crippen molar-refractivity contribution in [2.24, 2.45) is 5.73 Å². The van der Waals surface area contributed by atoms with Crippen molar-refractivity contribution in [3.63, 3.8) is 0 Å². The summed E-state index contributed by atoms with van der Waals surface area (Å²) in [6.07, 6.45) is 4.58. The molecule has 1 heterocycles. The molecule has 1 aliphatic rings. The van der Waals surface area contributed by atoms with Crippen LogP contribution in [0.1, 0.15) is 30.3 Å². The number of thiazole rings is 1. The van der Waals surface area contributed by atoms with Crippen LogP contribution >= 0.6 is 11.3 Å². The van der Waals surface area contributed by atoms with E-state index in [4.69, 9.17) is 5.73 Å². The lowest BCUT2D eigenvalue weighted by atomic mass is 10.0. The van der Waals surface area contributed by atoms with E-state index in [0.717, 1.165) is 18.5 Å². The molecule has 0 spiro atoms. The molecule has 15 heavy (non-hydrogen) atoms. The molecule has 0 aromatic carbocycles. The summed E-state index contributed by atoms with van der Waals surface area (Å²) in [5.41, 5.74) is 6.63. The van der Waals surface area contributed by atoms with E-state index in [1.807, 2.05) is 0 Å². The number of rotatable bonds is 2. The predicted molar refractivity (Wildman–Crippen MR) is 61.0 cm³/mol. The number of nitrogens with zero attached hydrogens (tertiary/aromatic N) is 1. The van der Waals surface area contributed by atoms with Crippen LogP contribution < -0.4 is 11.1 Å². The van der Waals surface area contributed by atoms with Crippen LogP contribution in [-0.4, -0.2) is 16.9 Å². The van der Waals surface area contributed by atoms with Crippen molar-refractivity contribution in [3.05, 3.63) is 10.6 Å². The average Bonchev–Trinajstić information content (AvgIpc) is 2.59. The molecule has 0 radical (unpaired) electrons. The highest BCUT2D eigenvalue weighted by molar-refractivity contribution is 7.15. The standard InChI is InChI=1S/C10H15N3OS/c1-6(11)9(14)13-10-12-7-4-2-3-5-8(7)15-10/h6H,2-5,11H2,1H3,(H,12,13,14)/t6-/m1/s1. The SMILES string of the molecule is C[C@@H](N)C(=O)Nc1nc2c(s1)CCCC2. The lowest BCUT2D eigenvalue weighted by Crippen LogP contribution is -2.32. The molecule has 1 aromatic rings. The highest BCUT2D eigenvalue weighted by Crippen LogP contribution is 2.29. The van der Waals surface area contributed by atoms with Crippen LogP contribution in [0, 0.1) is 0 Å². The lowest BCUT2D eigenvalue weighted by Gasteiger charge is -2.06. The lowest BCUT2D eigenvalue weighted by molar-refractivity contribution is -0.117. The van der Waals surface area contributed by atoms with E-state index < -0.39 is 6.04 Å². The van der Waals surface area contributed by atoms with Gasteiger partial charge in [0.1, 0.15) is 0 Å². The molecule has 0 saturated heterocycles. The van der Waals surface area contributed by atoms with Crippen LogP contribution in [-0.2, 0) is 17.6 Å². The normalized spacial score (nSPS) is 16.9. The number of amides is 1. The number of aromatic nitrogens is 1. The molecular formula is C10H15N3OS. The molecule has 3 N–H and O–H groups in total. The van der Waals surface area contributed by atoms with Crippen LogP contribution in [0.3, 0.4) is 0 Å². The molecule has 0 aliphatic heterocycles. The van der Waals surface area contributed by atoms with Crippen molar-refractivity contribution in [2.45, 2.75) is 38.6 Å². The first-order chi connectivity index (χ1) is 7.16. The van der Waals surface area contributed by atoms with Crippen molar-refractivity contribution >= 4 is 22.4 Å². The van der Waals surface area contributed by atoms with Gasteiger partial charge in [-0.25, -0.2) is 4.98 Å². The zero-order chi connectivity index (χ0) is 10.8. The summed E-state index contributed by atoms with van der Waals surface area (Å²) in [7, 11) is 0. The molecule has 1 atom stereocenters. The van der Waals surface area contributed by atoms with E-state index in [1.54, 1.807) is 18.3 Å². The van der Waals surface area contributed by atoms with Crippen LogP contribution in [0.15, 0.2) is 0 Å². The van der Waals surface area contributed by atoms with E-state index in [2.05, 4.69) is 10.3 Å². The molecule has 4 nitrogen and oxygen atoms in total. The van der Waals surface area contributed by atoms with Crippen LogP contribution in [0.5, 0.6) is 0 Å². The number of nitrogens with one attached hydrogen (secondary N) is 1. The molecule has 5 heteroatoms. The molecule has 1 aromatic heterocycles. The van der Waals surface area contributed by atoms with Gasteiger partial charge in [-0.15, -0.1) is 11.3 Å². The second-order valence-corrected chi connectivity index (χ2v) is 4.96. The third kappa shape index (κ3) is 2.35. The van der Waals surface area contributed by atoms with E-state index in [-0.39, 0.29) is 5.91 Å². The molecule has 0 unspecified atom stereocenters. The third-order valence-electron chi connectivity index (χ3n) is 2.49. The van der Waals surface area contributed by atoms with E-state index in [0.29, 0.717) is 5.13 Å². The molecule has 1 aliphatic carbocycles. The molecule has 0 bridgehead atoms. The summed E-state index contributed by atoms with van der Waals surface area (Å²) in [5, 5.41) is 3.44. The minimum Gasteiger partial charge on any atom is -0.320 e. The Morgan fingerprint density at radius 1 is 1.53 bits per heavy atom. The van der Waals surface area contributed by atoms with Crippen molar-refractivity contribution < 1.29 is 4.79 Å². The van der Waals surface area contributed by atoms with Crippen molar-refractivity contribution in [1.82, 2.24) is 4.98 Å². The Morgan fingerprint density at radius 2 is 2.27 bits per heavy atom. The zero-order valence-electron chi connectivity index (χ0n) is 8.75. The fourth-order valence-electron chi connectivity index (χ4n) is 1.62. The first-order valence-electron chi connectivity index (χ1n) is 5.22. The molecule has 0 fully saturated rings. The van der Waals surface area contributed by atoms with Crippen LogP contribution in [0.4, 0.5) is 5.13 Å². The van der Waals surface area contributed by atoms with Gasteiger partial charge >= 0.3 is 0 Å². The van der Waals surface area contributed by atoms with Crippen molar-refractivity contribution in [1.29, 1.82) is 0 Å². The monoisotopic (exact) mass is 225 g/mol. The van der Waals surface area contributed by atoms with Gasteiger partial charge in [-0.2, -0.15) is 0 Å². The van der Waals surface area contributed by atoms with Gasteiger partial charge in [0.15, 0.2) is 5.13 Å². The van der Waals surface area contributed by atoms with Gasteiger partial charge in [0.25, 0.3) is 0 Å². The van der Waals surface area contributed by atoms with E-state index in [9.17, 15) is 4.79 Å². The molecular weight excluding hydrogens is 210 g/mol. The van der Waals surface area contributed by atoms with Crippen LogP contribution in [0.25, 0.3) is 0 Å². The number of carbonyl (C=O) groups excluding carboxylic acids is 1. The summed E-state index contributed by atoms with van der Waals surface area (Å²) < 4.78 is 0. The second-order valence-electron chi connectivity index (χ2n) is 3.87. The highest BCUT2D eigenvalue weighted by Gasteiger charge is 2.17. The summed E-state index contributed by atoms with van der Waals surface area (Å²) in [6, 6.07) is -0.481. The molecule has 2 rings (SSSR count). The van der Waals surface area contributed by atoms with Crippen LogP contribution in [0.2, 0.25) is 0 Å².